The van der Waals surface area contributed by atoms with Crippen molar-refractivity contribution >= 4 is 29.0 Å². The van der Waals surface area contributed by atoms with E-state index in [9.17, 15) is 9.59 Å². The molecule has 2 aliphatic rings. The Morgan fingerprint density at radius 3 is 2.57 bits per heavy atom. The quantitative estimate of drug-likeness (QED) is 0.481. The van der Waals surface area contributed by atoms with Crippen molar-refractivity contribution in [1.82, 2.24) is 20.2 Å². The number of hydrogen-bond acceptors (Lipinski definition) is 8. The molecular formula is C26H24N4O4S. The molecule has 0 saturated carbocycles. The lowest BCUT2D eigenvalue weighted by Crippen LogP contribution is -2.37. The lowest BCUT2D eigenvalue weighted by Gasteiger charge is -2.31. The number of thioether (sulfide) groups is 1. The summed E-state index contributed by atoms with van der Waals surface area (Å²) < 4.78 is 12.0. The van der Waals surface area contributed by atoms with Crippen molar-refractivity contribution in [3.63, 3.8) is 0 Å². The third kappa shape index (κ3) is 6.26. The highest BCUT2D eigenvalue weighted by molar-refractivity contribution is 8.18. The van der Waals surface area contributed by atoms with Crippen molar-refractivity contribution < 1.29 is 19.1 Å². The topological polar surface area (TPSA) is 93.7 Å². The van der Waals surface area contributed by atoms with Crippen LogP contribution in [-0.2, 0) is 11.3 Å². The van der Waals surface area contributed by atoms with Gasteiger partial charge in [0.15, 0.2) is 0 Å². The van der Waals surface area contributed by atoms with Gasteiger partial charge >= 0.3 is 0 Å². The van der Waals surface area contributed by atoms with Crippen LogP contribution >= 0.6 is 11.8 Å². The monoisotopic (exact) mass is 488 g/mol. The highest BCUT2D eigenvalue weighted by Crippen LogP contribution is 2.28. The molecule has 0 aliphatic carbocycles. The second-order valence-electron chi connectivity index (χ2n) is 8.30. The van der Waals surface area contributed by atoms with E-state index in [1.807, 2.05) is 18.2 Å². The predicted octanol–water partition coefficient (Wildman–Crippen LogP) is 4.64. The smallest absolute Gasteiger partial charge is 0.290 e. The normalized spacial score (nSPS) is 18.0. The molecule has 5 rings (SSSR count). The Balaban J connectivity index is 1.17. The Hall–Kier alpha value is -3.69. The van der Waals surface area contributed by atoms with Crippen LogP contribution in [0, 0.1) is 0 Å². The Kier molecular flexibility index (Phi) is 7.06. The van der Waals surface area contributed by atoms with E-state index in [4.69, 9.17) is 9.47 Å². The first-order chi connectivity index (χ1) is 17.1. The van der Waals surface area contributed by atoms with Gasteiger partial charge in [-0.25, -0.2) is 9.97 Å². The van der Waals surface area contributed by atoms with Crippen molar-refractivity contribution in [3.8, 4) is 17.5 Å². The molecule has 8 nitrogen and oxygen atoms in total. The number of piperidine rings is 1. The maximum absolute atomic E-state index is 11.8. The number of ether oxygens (including phenoxy) is 2. The number of nitrogens with zero attached hydrogens (tertiary/aromatic N) is 3. The molecular weight excluding hydrogens is 464 g/mol. The largest absolute Gasteiger partial charge is 0.474 e. The Morgan fingerprint density at radius 2 is 1.80 bits per heavy atom. The molecule has 2 aromatic carbocycles. The van der Waals surface area contributed by atoms with E-state index in [1.54, 1.807) is 24.3 Å². The second kappa shape index (κ2) is 10.7. The fourth-order valence-electron chi connectivity index (χ4n) is 4.00. The summed E-state index contributed by atoms with van der Waals surface area (Å²) in [7, 11) is 0. The van der Waals surface area contributed by atoms with Crippen LogP contribution in [0.5, 0.6) is 17.5 Å². The van der Waals surface area contributed by atoms with Crippen molar-refractivity contribution in [3.05, 3.63) is 83.0 Å². The molecule has 2 saturated heterocycles. The summed E-state index contributed by atoms with van der Waals surface area (Å²) >= 11 is 0.878. The van der Waals surface area contributed by atoms with Crippen LogP contribution in [0.25, 0.3) is 6.08 Å². The number of imide groups is 1. The Morgan fingerprint density at radius 1 is 1.00 bits per heavy atom. The van der Waals surface area contributed by atoms with Crippen LogP contribution < -0.4 is 14.8 Å². The minimum absolute atomic E-state index is 0.0949. The van der Waals surface area contributed by atoms with Crippen LogP contribution in [0.1, 0.15) is 24.0 Å². The van der Waals surface area contributed by atoms with Crippen LogP contribution in [0.4, 0.5) is 4.79 Å². The molecule has 35 heavy (non-hydrogen) atoms. The number of benzene rings is 2. The lowest BCUT2D eigenvalue weighted by atomic mass is 10.1. The van der Waals surface area contributed by atoms with Crippen molar-refractivity contribution in [2.75, 3.05) is 13.1 Å². The van der Waals surface area contributed by atoms with Gasteiger partial charge in [0.2, 0.25) is 11.8 Å². The third-order valence-corrected chi connectivity index (χ3v) is 6.52. The minimum Gasteiger partial charge on any atom is -0.474 e. The van der Waals surface area contributed by atoms with Crippen LogP contribution in [0.15, 0.2) is 71.9 Å². The van der Waals surface area contributed by atoms with E-state index in [2.05, 4.69) is 44.5 Å². The third-order valence-electron chi connectivity index (χ3n) is 5.71. The van der Waals surface area contributed by atoms with Crippen LogP contribution in [-0.4, -0.2) is 45.2 Å². The van der Waals surface area contributed by atoms with Gasteiger partial charge in [-0.1, -0.05) is 42.5 Å². The summed E-state index contributed by atoms with van der Waals surface area (Å²) in [4.78, 5) is 34.4. The molecule has 3 heterocycles. The van der Waals surface area contributed by atoms with E-state index >= 15 is 0 Å². The summed E-state index contributed by atoms with van der Waals surface area (Å²) in [5.74, 6) is 1.000. The molecule has 0 bridgehead atoms. The number of amides is 2. The van der Waals surface area contributed by atoms with Gasteiger partial charge in [0, 0.05) is 19.6 Å². The number of aromatic nitrogens is 2. The first-order valence-corrected chi connectivity index (χ1v) is 12.2. The molecule has 0 unspecified atom stereocenters. The zero-order valence-corrected chi connectivity index (χ0v) is 19.7. The van der Waals surface area contributed by atoms with Gasteiger partial charge in [0.05, 0.1) is 11.0 Å². The zero-order chi connectivity index (χ0) is 24.0. The molecule has 178 valence electrons. The van der Waals surface area contributed by atoms with Crippen molar-refractivity contribution in [1.29, 1.82) is 0 Å². The maximum Gasteiger partial charge on any atom is 0.290 e. The van der Waals surface area contributed by atoms with Crippen molar-refractivity contribution in [2.24, 2.45) is 0 Å². The molecule has 3 aromatic rings. The maximum atomic E-state index is 11.8. The highest BCUT2D eigenvalue weighted by atomic mass is 32.2. The summed E-state index contributed by atoms with van der Waals surface area (Å²) in [6.07, 6.45) is 5.02. The number of carbonyl (C=O) groups is 2. The number of hydrogen-bond donors (Lipinski definition) is 1. The molecule has 1 aromatic heterocycles. The minimum atomic E-state index is -0.394. The van der Waals surface area contributed by atoms with Gasteiger partial charge in [0.1, 0.15) is 18.2 Å². The fraction of sp³-hybridized carbons (Fsp3) is 0.231. The highest BCUT2D eigenvalue weighted by Gasteiger charge is 2.25. The molecule has 0 radical (unpaired) electrons. The standard InChI is InChI=1S/C26H24N4O4S/c31-25-22(35-26(32)29-25)14-19-7-4-8-21(13-19)34-24-15-23(27-17-28-24)33-20-9-11-30(12-10-20)16-18-5-2-1-3-6-18/h1-8,13-15,17,20H,9-12,16H2,(H,29,31,32). The van der Waals surface area contributed by atoms with Gasteiger partial charge in [-0.05, 0) is 53.9 Å². The molecule has 2 fully saturated rings. The summed E-state index contributed by atoms with van der Waals surface area (Å²) in [5.41, 5.74) is 2.06. The van der Waals surface area contributed by atoms with Gasteiger partial charge in [-0.15, -0.1) is 0 Å². The average molecular weight is 489 g/mol. The molecule has 2 aliphatic heterocycles. The van der Waals surface area contributed by atoms with Gasteiger partial charge in [-0.2, -0.15) is 0 Å². The number of carbonyl (C=O) groups excluding carboxylic acids is 2. The van der Waals surface area contributed by atoms with E-state index in [0.29, 0.717) is 22.4 Å². The average Bonchev–Trinajstić information content (AvgIpc) is 3.18. The molecule has 9 heteroatoms. The summed E-state index contributed by atoms with van der Waals surface area (Å²) in [5, 5.41) is 1.88. The van der Waals surface area contributed by atoms with E-state index < -0.39 is 5.91 Å². The number of likely N-dealkylation sites (tertiary alicyclic amines) is 1. The molecule has 0 spiro atoms. The molecule has 2 amide bonds. The summed E-state index contributed by atoms with van der Waals surface area (Å²) in [6.45, 7) is 2.89. The van der Waals surface area contributed by atoms with Gasteiger partial charge in [0.25, 0.3) is 11.1 Å². The second-order valence-corrected chi connectivity index (χ2v) is 9.31. The first kappa shape index (κ1) is 23.1. The SMILES string of the molecule is O=C1NC(=O)C(=Cc2cccc(Oc3cc(OC4CCN(Cc5ccccc5)CC4)ncn3)c2)S1. The van der Waals surface area contributed by atoms with Gasteiger partial charge in [-0.3, -0.25) is 19.8 Å². The lowest BCUT2D eigenvalue weighted by molar-refractivity contribution is -0.115. The Bertz CT molecular complexity index is 1240. The Labute approximate surface area is 207 Å². The number of nitrogens with one attached hydrogen (secondary N) is 1. The van der Waals surface area contributed by atoms with E-state index in [0.717, 1.165) is 49.8 Å². The molecule has 1 N–H and O–H groups in total. The summed E-state index contributed by atoms with van der Waals surface area (Å²) in [6, 6.07) is 19.4. The van der Waals surface area contributed by atoms with Crippen molar-refractivity contribution in [2.45, 2.75) is 25.5 Å². The van der Waals surface area contributed by atoms with Gasteiger partial charge < -0.3 is 9.47 Å². The zero-order valence-electron chi connectivity index (χ0n) is 18.9. The van der Waals surface area contributed by atoms with Crippen LogP contribution in [0.3, 0.4) is 0 Å². The first-order valence-electron chi connectivity index (χ1n) is 11.4. The predicted molar refractivity (Wildman–Crippen MR) is 133 cm³/mol. The fourth-order valence-corrected chi connectivity index (χ4v) is 4.68. The van der Waals surface area contributed by atoms with E-state index in [1.165, 1.54) is 11.9 Å². The molecule has 0 atom stereocenters. The number of rotatable bonds is 7. The van der Waals surface area contributed by atoms with Crippen LogP contribution in [0.2, 0.25) is 0 Å². The van der Waals surface area contributed by atoms with E-state index in [-0.39, 0.29) is 11.3 Å².